The number of rotatable bonds is 7. The van der Waals surface area contributed by atoms with Crippen LogP contribution in [0.4, 0.5) is 10.5 Å². The van der Waals surface area contributed by atoms with Crippen molar-refractivity contribution in [2.45, 2.75) is 29.2 Å². The third-order valence-corrected chi connectivity index (χ3v) is 9.39. The number of nitrogens with zero attached hydrogens (tertiary/aromatic N) is 2. The molecular weight excluding hydrogens is 474 g/mol. The first-order valence-corrected chi connectivity index (χ1v) is 13.8. The van der Waals surface area contributed by atoms with Gasteiger partial charge in [0.25, 0.3) is 15.3 Å². The summed E-state index contributed by atoms with van der Waals surface area (Å²) in [5.74, 6) is -0.116. The van der Waals surface area contributed by atoms with E-state index in [-0.39, 0.29) is 33.2 Å². The minimum absolute atomic E-state index is 0.0619. The van der Waals surface area contributed by atoms with Crippen molar-refractivity contribution < 1.29 is 26.4 Å². The minimum Gasteiger partial charge on any atom is -0.280 e. The van der Waals surface area contributed by atoms with Gasteiger partial charge in [0.2, 0.25) is 15.9 Å². The molecule has 4 rings (SSSR count). The lowest BCUT2D eigenvalue weighted by Gasteiger charge is -2.16. The average molecular weight is 496 g/mol. The van der Waals surface area contributed by atoms with Gasteiger partial charge in [0.05, 0.1) is 22.1 Å². The van der Waals surface area contributed by atoms with Crippen LogP contribution in [0.3, 0.4) is 0 Å². The minimum atomic E-state index is -3.93. The Morgan fingerprint density at radius 1 is 0.844 bits per heavy atom. The highest BCUT2D eigenvalue weighted by Gasteiger charge is 2.30. The number of carbonyl (C=O) groups excluding carboxylic acids is 2. The van der Waals surface area contributed by atoms with E-state index in [1.807, 2.05) is 0 Å². The molecule has 12 heteroatoms. The van der Waals surface area contributed by atoms with E-state index in [2.05, 4.69) is 4.72 Å². The quantitative estimate of drug-likeness (QED) is 0.626. The Hall–Kier alpha value is -2.41. The lowest BCUT2D eigenvalue weighted by molar-refractivity contribution is -0.125. The van der Waals surface area contributed by atoms with Crippen LogP contribution in [0.25, 0.3) is 0 Å². The summed E-state index contributed by atoms with van der Waals surface area (Å²) in [6.07, 6.45) is 1.63. The molecule has 2 aromatic rings. The zero-order valence-corrected chi connectivity index (χ0v) is 19.4. The van der Waals surface area contributed by atoms with Crippen molar-refractivity contribution in [2.75, 3.05) is 23.6 Å². The van der Waals surface area contributed by atoms with Crippen LogP contribution in [-0.2, 0) is 31.4 Å². The zero-order chi connectivity index (χ0) is 22.9. The Morgan fingerprint density at radius 3 is 2.00 bits per heavy atom. The molecule has 32 heavy (non-hydrogen) atoms. The molecule has 0 spiro atoms. The fourth-order valence-corrected chi connectivity index (χ4v) is 6.78. The van der Waals surface area contributed by atoms with Gasteiger partial charge in [-0.2, -0.15) is 4.31 Å². The predicted octanol–water partition coefficient (Wildman–Crippen LogP) is 2.47. The molecule has 0 radical (unpaired) electrons. The first-order valence-electron chi connectivity index (χ1n) is 9.86. The van der Waals surface area contributed by atoms with Gasteiger partial charge >= 0.3 is 0 Å². The fourth-order valence-electron chi connectivity index (χ4n) is 3.48. The number of amides is 2. The summed E-state index contributed by atoms with van der Waals surface area (Å²) in [6.45, 7) is 1.07. The van der Waals surface area contributed by atoms with Gasteiger partial charge in [0.15, 0.2) is 0 Å². The van der Waals surface area contributed by atoms with E-state index in [0.717, 1.165) is 29.5 Å². The van der Waals surface area contributed by atoms with Crippen LogP contribution in [0.2, 0.25) is 0 Å². The van der Waals surface area contributed by atoms with Gasteiger partial charge in [-0.3, -0.25) is 19.2 Å². The molecule has 170 valence electrons. The molecule has 1 N–H and O–H groups in total. The summed E-state index contributed by atoms with van der Waals surface area (Å²) < 4.78 is 54.4. The van der Waals surface area contributed by atoms with E-state index in [1.165, 1.54) is 40.7 Å². The maximum Gasteiger partial charge on any atom is 0.289 e. The molecule has 9 nitrogen and oxygen atoms in total. The Balaban J connectivity index is 1.45. The Bertz CT molecular complexity index is 1220. The van der Waals surface area contributed by atoms with Crippen molar-refractivity contribution >= 4 is 48.6 Å². The van der Waals surface area contributed by atoms with Crippen LogP contribution >= 0.6 is 11.8 Å². The smallest absolute Gasteiger partial charge is 0.280 e. The molecule has 0 unspecified atom stereocenters. The van der Waals surface area contributed by atoms with E-state index in [0.29, 0.717) is 24.3 Å². The Labute approximate surface area is 190 Å². The van der Waals surface area contributed by atoms with Gasteiger partial charge in [-0.15, -0.1) is 0 Å². The van der Waals surface area contributed by atoms with Crippen LogP contribution in [0.1, 0.15) is 18.4 Å². The number of anilines is 1. The van der Waals surface area contributed by atoms with Crippen molar-refractivity contribution in [2.24, 2.45) is 0 Å². The second-order valence-electron chi connectivity index (χ2n) is 7.42. The number of imide groups is 1. The van der Waals surface area contributed by atoms with Gasteiger partial charge in [0.1, 0.15) is 0 Å². The summed E-state index contributed by atoms with van der Waals surface area (Å²) in [5.41, 5.74) is 0.990. The first kappa shape index (κ1) is 22.8. The second-order valence-corrected chi connectivity index (χ2v) is 12.0. The zero-order valence-electron chi connectivity index (χ0n) is 16.9. The highest BCUT2D eigenvalue weighted by molar-refractivity contribution is 8.14. The maximum atomic E-state index is 12.7. The van der Waals surface area contributed by atoms with Gasteiger partial charge in [-0.25, -0.2) is 16.8 Å². The van der Waals surface area contributed by atoms with Crippen LogP contribution in [0.5, 0.6) is 0 Å². The summed E-state index contributed by atoms with van der Waals surface area (Å²) in [4.78, 5) is 24.6. The van der Waals surface area contributed by atoms with E-state index in [9.17, 15) is 26.4 Å². The highest BCUT2D eigenvalue weighted by atomic mass is 32.2. The predicted molar refractivity (Wildman–Crippen MR) is 120 cm³/mol. The van der Waals surface area contributed by atoms with Gasteiger partial charge in [0, 0.05) is 18.8 Å². The van der Waals surface area contributed by atoms with Crippen LogP contribution in [-0.4, -0.2) is 56.0 Å². The molecule has 2 aromatic carbocycles. The number of thioether (sulfide) groups is 1. The Morgan fingerprint density at radius 2 is 1.44 bits per heavy atom. The topological polar surface area (TPSA) is 121 Å². The number of hydrogen-bond acceptors (Lipinski definition) is 7. The van der Waals surface area contributed by atoms with Crippen molar-refractivity contribution in [3.8, 4) is 0 Å². The number of sulfonamides is 2. The number of nitrogens with one attached hydrogen (secondary N) is 1. The summed E-state index contributed by atoms with van der Waals surface area (Å²) in [6, 6.07) is 11.5. The normalized spacial score (nSPS) is 17.8. The molecule has 2 amide bonds. The molecular formula is C20H21N3O6S3. The summed E-state index contributed by atoms with van der Waals surface area (Å²) in [5, 5.41) is -0.296. The second kappa shape index (κ2) is 8.85. The molecule has 2 fully saturated rings. The first-order chi connectivity index (χ1) is 15.2. The lowest BCUT2D eigenvalue weighted by Crippen LogP contribution is -2.28. The molecule has 2 aliphatic heterocycles. The third kappa shape index (κ3) is 4.68. The molecule has 2 aliphatic rings. The molecule has 2 heterocycles. The summed E-state index contributed by atoms with van der Waals surface area (Å²) >= 11 is 0.956. The van der Waals surface area contributed by atoms with Crippen LogP contribution in [0.15, 0.2) is 58.3 Å². The summed E-state index contributed by atoms with van der Waals surface area (Å²) in [7, 11) is -7.55. The largest absolute Gasteiger partial charge is 0.289 e. The molecule has 2 saturated heterocycles. The third-order valence-electron chi connectivity index (χ3n) is 5.22. The maximum absolute atomic E-state index is 12.7. The van der Waals surface area contributed by atoms with Crippen molar-refractivity contribution in [1.29, 1.82) is 0 Å². The monoisotopic (exact) mass is 495 g/mol. The highest BCUT2D eigenvalue weighted by Crippen LogP contribution is 2.24. The fraction of sp³-hybridized carbons (Fsp3) is 0.300. The van der Waals surface area contributed by atoms with Crippen molar-refractivity contribution in [1.82, 2.24) is 9.21 Å². The molecule has 0 aliphatic carbocycles. The number of hydrogen-bond donors (Lipinski definition) is 1. The van der Waals surface area contributed by atoms with E-state index in [4.69, 9.17) is 0 Å². The molecule has 0 bridgehead atoms. The van der Waals surface area contributed by atoms with Gasteiger partial charge in [-0.05, 0) is 54.8 Å². The average Bonchev–Trinajstić information content (AvgIpc) is 3.42. The molecule has 0 saturated carbocycles. The SMILES string of the molecule is O=C1CSC(=O)N1Cc1ccc(NS(=O)(=O)c2ccc(S(=O)(=O)N3CCCC3)cc2)cc1. The Kier molecular flexibility index (Phi) is 6.30. The number of carbonyl (C=O) groups is 2. The molecule has 0 aromatic heterocycles. The van der Waals surface area contributed by atoms with Crippen LogP contribution < -0.4 is 4.72 Å². The van der Waals surface area contributed by atoms with Gasteiger partial charge in [-0.1, -0.05) is 23.9 Å². The van der Waals surface area contributed by atoms with Crippen molar-refractivity contribution in [3.05, 3.63) is 54.1 Å². The van der Waals surface area contributed by atoms with Crippen molar-refractivity contribution in [3.63, 3.8) is 0 Å². The number of benzene rings is 2. The standard InChI is InChI=1S/C20H21N3O6S3/c24-19-14-30-20(25)23(19)13-15-3-5-16(6-4-15)21-31(26,27)17-7-9-18(10-8-17)32(28,29)22-11-1-2-12-22/h3-10,21H,1-2,11-14H2. The molecule has 0 atom stereocenters. The van der Waals surface area contributed by atoms with Gasteiger partial charge < -0.3 is 0 Å². The van der Waals surface area contributed by atoms with E-state index in [1.54, 1.807) is 12.1 Å². The lowest BCUT2D eigenvalue weighted by atomic mass is 10.2. The van der Waals surface area contributed by atoms with E-state index >= 15 is 0 Å². The van der Waals surface area contributed by atoms with Crippen LogP contribution in [0, 0.1) is 0 Å². The van der Waals surface area contributed by atoms with E-state index < -0.39 is 20.0 Å².